The summed E-state index contributed by atoms with van der Waals surface area (Å²) in [6.07, 6.45) is 6.26. The Balaban J connectivity index is 1.32. The summed E-state index contributed by atoms with van der Waals surface area (Å²) in [6, 6.07) is 14.4. The summed E-state index contributed by atoms with van der Waals surface area (Å²) < 4.78 is 6.11. The molecule has 3 heterocycles. The molecule has 0 aliphatic carbocycles. The molecule has 0 amide bonds. The van der Waals surface area contributed by atoms with Crippen LogP contribution in [-0.2, 0) is 17.9 Å². The maximum Gasteiger partial charge on any atom is 0.107 e. The number of nitrogens with zero attached hydrogens (tertiary/aromatic N) is 3. The van der Waals surface area contributed by atoms with E-state index < -0.39 is 0 Å². The fraction of sp³-hybridized carbons (Fsp3) is 0.333. The molecule has 1 unspecified atom stereocenters. The van der Waals surface area contributed by atoms with E-state index in [1.165, 1.54) is 17.0 Å². The summed E-state index contributed by atoms with van der Waals surface area (Å²) in [5, 5.41) is 3.34. The Morgan fingerprint density at radius 1 is 1.15 bits per heavy atom. The number of hydrogen-bond donors (Lipinski definition) is 0. The molecule has 26 heavy (non-hydrogen) atoms. The first-order valence-corrected chi connectivity index (χ1v) is 9.97. The van der Waals surface area contributed by atoms with E-state index in [0.29, 0.717) is 6.61 Å². The van der Waals surface area contributed by atoms with Crippen molar-refractivity contribution in [3.05, 3.63) is 70.8 Å². The predicted molar refractivity (Wildman–Crippen MR) is 105 cm³/mol. The van der Waals surface area contributed by atoms with Crippen molar-refractivity contribution >= 4 is 11.3 Å². The van der Waals surface area contributed by atoms with Crippen LogP contribution in [-0.4, -0.2) is 34.1 Å². The summed E-state index contributed by atoms with van der Waals surface area (Å²) in [5.74, 6) is 0. The van der Waals surface area contributed by atoms with E-state index in [1.54, 1.807) is 17.5 Å². The fourth-order valence-electron chi connectivity index (χ4n) is 3.31. The number of rotatable bonds is 6. The summed E-state index contributed by atoms with van der Waals surface area (Å²) in [6.45, 7) is 3.64. The van der Waals surface area contributed by atoms with Gasteiger partial charge in [-0.3, -0.25) is 9.88 Å². The van der Waals surface area contributed by atoms with Crippen molar-refractivity contribution in [1.82, 2.24) is 14.9 Å². The molecule has 1 aliphatic heterocycles. The minimum absolute atomic E-state index is 0.289. The third kappa shape index (κ3) is 4.55. The minimum atomic E-state index is 0.289. The van der Waals surface area contributed by atoms with Crippen LogP contribution in [0.5, 0.6) is 0 Å². The van der Waals surface area contributed by atoms with Gasteiger partial charge in [-0.2, -0.15) is 0 Å². The number of pyridine rings is 1. The number of ether oxygens (including phenoxy) is 1. The lowest BCUT2D eigenvalue weighted by Crippen LogP contribution is -2.39. The van der Waals surface area contributed by atoms with E-state index in [1.807, 2.05) is 18.3 Å². The lowest BCUT2D eigenvalue weighted by molar-refractivity contribution is -0.0121. The second kappa shape index (κ2) is 8.54. The largest absolute Gasteiger partial charge is 0.372 e. The zero-order valence-corrected chi connectivity index (χ0v) is 15.6. The highest BCUT2D eigenvalue weighted by atomic mass is 32.1. The highest BCUT2D eigenvalue weighted by Gasteiger charge is 2.21. The Kier molecular flexibility index (Phi) is 5.69. The predicted octanol–water partition coefficient (Wildman–Crippen LogP) is 4.39. The number of piperidine rings is 1. The monoisotopic (exact) mass is 365 g/mol. The van der Waals surface area contributed by atoms with Crippen molar-refractivity contribution in [2.75, 3.05) is 13.1 Å². The van der Waals surface area contributed by atoms with Crippen molar-refractivity contribution in [1.29, 1.82) is 0 Å². The van der Waals surface area contributed by atoms with Gasteiger partial charge in [0.2, 0.25) is 0 Å². The van der Waals surface area contributed by atoms with Gasteiger partial charge in [-0.25, -0.2) is 4.98 Å². The van der Waals surface area contributed by atoms with Crippen LogP contribution in [0, 0.1) is 0 Å². The van der Waals surface area contributed by atoms with E-state index in [-0.39, 0.29) is 6.10 Å². The number of hydrogen-bond acceptors (Lipinski definition) is 5. The van der Waals surface area contributed by atoms with Crippen molar-refractivity contribution in [3.63, 3.8) is 0 Å². The van der Waals surface area contributed by atoms with Crippen LogP contribution in [0.25, 0.3) is 11.3 Å². The molecule has 1 atom stereocenters. The third-order valence-electron chi connectivity index (χ3n) is 4.65. The Morgan fingerprint density at radius 2 is 2.08 bits per heavy atom. The number of benzene rings is 1. The molecular weight excluding hydrogens is 342 g/mol. The highest BCUT2D eigenvalue weighted by Crippen LogP contribution is 2.24. The maximum absolute atomic E-state index is 6.11. The Morgan fingerprint density at radius 3 is 2.92 bits per heavy atom. The van der Waals surface area contributed by atoms with E-state index in [0.717, 1.165) is 37.3 Å². The van der Waals surface area contributed by atoms with Crippen molar-refractivity contribution in [2.45, 2.75) is 32.1 Å². The maximum atomic E-state index is 6.11. The molecule has 2 aromatic heterocycles. The average Bonchev–Trinajstić information content (AvgIpc) is 3.17. The number of likely N-dealkylation sites (tertiary alicyclic amines) is 1. The molecule has 1 aromatic carbocycles. The zero-order valence-electron chi connectivity index (χ0n) is 14.8. The lowest BCUT2D eigenvalue weighted by Gasteiger charge is -2.32. The average molecular weight is 366 g/mol. The fourth-order valence-corrected chi connectivity index (χ4v) is 4.15. The van der Waals surface area contributed by atoms with Gasteiger partial charge in [0.15, 0.2) is 0 Å². The molecular formula is C21H23N3OS. The topological polar surface area (TPSA) is 38.2 Å². The van der Waals surface area contributed by atoms with Gasteiger partial charge in [0.05, 0.1) is 24.9 Å². The van der Waals surface area contributed by atoms with Gasteiger partial charge in [0.25, 0.3) is 0 Å². The molecule has 4 rings (SSSR count). The molecule has 5 heteroatoms. The van der Waals surface area contributed by atoms with Gasteiger partial charge in [-0.05, 0) is 31.0 Å². The van der Waals surface area contributed by atoms with Crippen LogP contribution in [0.3, 0.4) is 0 Å². The molecule has 4 nitrogen and oxygen atoms in total. The van der Waals surface area contributed by atoms with E-state index >= 15 is 0 Å². The Labute approximate surface area is 158 Å². The van der Waals surface area contributed by atoms with E-state index in [4.69, 9.17) is 9.72 Å². The van der Waals surface area contributed by atoms with Gasteiger partial charge in [-0.15, -0.1) is 11.3 Å². The summed E-state index contributed by atoms with van der Waals surface area (Å²) in [7, 11) is 0. The summed E-state index contributed by atoms with van der Waals surface area (Å²) in [4.78, 5) is 11.4. The van der Waals surface area contributed by atoms with Gasteiger partial charge in [0.1, 0.15) is 5.01 Å². The Bertz CT molecular complexity index is 806. The SMILES string of the molecule is c1ccc(-c2csc(CN3CCCC(OCc4cccnc4)C3)n2)cc1. The van der Waals surface area contributed by atoms with Crippen molar-refractivity contribution in [3.8, 4) is 11.3 Å². The van der Waals surface area contributed by atoms with Gasteiger partial charge in [-0.1, -0.05) is 36.4 Å². The molecule has 0 radical (unpaired) electrons. The molecule has 1 fully saturated rings. The molecule has 134 valence electrons. The van der Waals surface area contributed by atoms with Crippen LogP contribution < -0.4 is 0 Å². The minimum Gasteiger partial charge on any atom is -0.372 e. The summed E-state index contributed by atoms with van der Waals surface area (Å²) >= 11 is 1.75. The Hall–Kier alpha value is -2.08. The quantitative estimate of drug-likeness (QED) is 0.649. The van der Waals surface area contributed by atoms with Crippen LogP contribution >= 0.6 is 11.3 Å². The van der Waals surface area contributed by atoms with E-state index in [2.05, 4.69) is 45.6 Å². The van der Waals surface area contributed by atoms with E-state index in [9.17, 15) is 0 Å². The number of aromatic nitrogens is 2. The second-order valence-corrected chi connectivity index (χ2v) is 7.61. The van der Waals surface area contributed by atoms with Gasteiger partial charge >= 0.3 is 0 Å². The molecule has 1 aliphatic rings. The standard InChI is InChI=1S/C21H23N3OS/c1-2-7-18(8-3-1)20-16-26-21(23-20)14-24-11-5-9-19(13-24)25-15-17-6-4-10-22-12-17/h1-4,6-8,10,12,16,19H,5,9,11,13-15H2. The first-order chi connectivity index (χ1) is 12.9. The van der Waals surface area contributed by atoms with Crippen LogP contribution in [0.1, 0.15) is 23.4 Å². The smallest absolute Gasteiger partial charge is 0.107 e. The zero-order chi connectivity index (χ0) is 17.6. The second-order valence-electron chi connectivity index (χ2n) is 6.66. The van der Waals surface area contributed by atoms with Crippen LogP contribution in [0.15, 0.2) is 60.2 Å². The van der Waals surface area contributed by atoms with Crippen molar-refractivity contribution < 1.29 is 4.74 Å². The third-order valence-corrected chi connectivity index (χ3v) is 5.48. The first kappa shape index (κ1) is 17.3. The summed E-state index contributed by atoms with van der Waals surface area (Å²) in [5.41, 5.74) is 3.40. The lowest BCUT2D eigenvalue weighted by atomic mass is 10.1. The molecule has 0 bridgehead atoms. The molecule has 0 N–H and O–H groups in total. The highest BCUT2D eigenvalue weighted by molar-refractivity contribution is 7.09. The number of thiazole rings is 1. The first-order valence-electron chi connectivity index (χ1n) is 9.09. The molecule has 1 saturated heterocycles. The van der Waals surface area contributed by atoms with Gasteiger partial charge in [0, 0.05) is 29.9 Å². The molecule has 0 spiro atoms. The molecule has 0 saturated carbocycles. The van der Waals surface area contributed by atoms with Crippen LogP contribution in [0.4, 0.5) is 0 Å². The van der Waals surface area contributed by atoms with Gasteiger partial charge < -0.3 is 4.74 Å². The molecule has 3 aromatic rings. The van der Waals surface area contributed by atoms with Crippen molar-refractivity contribution in [2.24, 2.45) is 0 Å². The van der Waals surface area contributed by atoms with Crippen LogP contribution in [0.2, 0.25) is 0 Å². The normalized spacial score (nSPS) is 18.1.